The first-order chi connectivity index (χ1) is 6.59. The fourth-order valence-electron chi connectivity index (χ4n) is 2.20. The minimum atomic E-state index is -0.700. The highest BCUT2D eigenvalue weighted by atomic mass is 16.3. The lowest BCUT2D eigenvalue weighted by molar-refractivity contribution is -0.130. The standard InChI is InChI=1S/C9H16N2O3/c1-10-3-2-6(9(10)14)11-4-7(12)8(13)5-11/h6-8,12-13H,2-5H2,1H3/t6?,7-,8+. The molecular weight excluding hydrogens is 184 g/mol. The smallest absolute Gasteiger partial charge is 0.239 e. The average molecular weight is 200 g/mol. The van der Waals surface area contributed by atoms with Crippen LogP contribution in [0.5, 0.6) is 0 Å². The van der Waals surface area contributed by atoms with Gasteiger partial charge in [0.25, 0.3) is 0 Å². The number of rotatable bonds is 1. The van der Waals surface area contributed by atoms with Gasteiger partial charge in [0.1, 0.15) is 0 Å². The highest BCUT2D eigenvalue weighted by Crippen LogP contribution is 2.21. The van der Waals surface area contributed by atoms with E-state index in [2.05, 4.69) is 0 Å². The summed E-state index contributed by atoms with van der Waals surface area (Å²) in [5.41, 5.74) is 0. The third-order valence-electron chi connectivity index (χ3n) is 3.13. The molecule has 2 fully saturated rings. The summed E-state index contributed by atoms with van der Waals surface area (Å²) in [5.74, 6) is 0.103. The topological polar surface area (TPSA) is 64.0 Å². The van der Waals surface area contributed by atoms with Crippen molar-refractivity contribution in [2.75, 3.05) is 26.7 Å². The van der Waals surface area contributed by atoms with Gasteiger partial charge in [-0.15, -0.1) is 0 Å². The molecule has 0 aromatic carbocycles. The van der Waals surface area contributed by atoms with Crippen molar-refractivity contribution in [3.05, 3.63) is 0 Å². The Morgan fingerprint density at radius 2 is 1.86 bits per heavy atom. The molecule has 1 unspecified atom stereocenters. The summed E-state index contributed by atoms with van der Waals surface area (Å²) >= 11 is 0. The Morgan fingerprint density at radius 1 is 1.29 bits per heavy atom. The first kappa shape index (κ1) is 9.89. The van der Waals surface area contributed by atoms with Crippen LogP contribution in [0.1, 0.15) is 6.42 Å². The number of amides is 1. The summed E-state index contributed by atoms with van der Waals surface area (Å²) in [4.78, 5) is 15.2. The molecule has 0 radical (unpaired) electrons. The molecule has 0 aromatic rings. The van der Waals surface area contributed by atoms with E-state index in [1.807, 2.05) is 4.90 Å². The van der Waals surface area contributed by atoms with Crippen LogP contribution in [0.2, 0.25) is 0 Å². The fraction of sp³-hybridized carbons (Fsp3) is 0.889. The van der Waals surface area contributed by atoms with E-state index in [9.17, 15) is 15.0 Å². The molecule has 0 aromatic heterocycles. The summed E-state index contributed by atoms with van der Waals surface area (Å²) in [7, 11) is 1.78. The zero-order valence-corrected chi connectivity index (χ0v) is 8.26. The SMILES string of the molecule is CN1CCC(N2C[C@@H](O)[C@@H](O)C2)C1=O. The summed E-state index contributed by atoms with van der Waals surface area (Å²) in [6.45, 7) is 1.59. The second-order valence-corrected chi connectivity index (χ2v) is 4.15. The molecule has 0 spiro atoms. The number of hydrogen-bond acceptors (Lipinski definition) is 4. The van der Waals surface area contributed by atoms with Crippen LogP contribution in [-0.4, -0.2) is 70.9 Å². The third kappa shape index (κ3) is 1.51. The molecule has 5 nitrogen and oxygen atoms in total. The molecule has 80 valence electrons. The van der Waals surface area contributed by atoms with Gasteiger partial charge in [0.15, 0.2) is 0 Å². The van der Waals surface area contributed by atoms with Gasteiger partial charge in [-0.2, -0.15) is 0 Å². The molecule has 5 heteroatoms. The van der Waals surface area contributed by atoms with Gasteiger partial charge in [0.2, 0.25) is 5.91 Å². The number of likely N-dealkylation sites (N-methyl/N-ethyl adjacent to an activating group) is 1. The van der Waals surface area contributed by atoms with Gasteiger partial charge in [-0.1, -0.05) is 0 Å². The molecule has 2 saturated heterocycles. The van der Waals surface area contributed by atoms with Gasteiger partial charge in [-0.05, 0) is 6.42 Å². The predicted octanol–water partition coefficient (Wildman–Crippen LogP) is -1.75. The Bertz CT molecular complexity index is 236. The lowest BCUT2D eigenvalue weighted by Crippen LogP contribution is -2.40. The molecule has 2 N–H and O–H groups in total. The Hall–Kier alpha value is -0.650. The van der Waals surface area contributed by atoms with Crippen molar-refractivity contribution in [2.24, 2.45) is 0 Å². The molecule has 3 atom stereocenters. The largest absolute Gasteiger partial charge is 0.389 e. The lowest BCUT2D eigenvalue weighted by atomic mass is 10.2. The van der Waals surface area contributed by atoms with Crippen molar-refractivity contribution in [1.29, 1.82) is 0 Å². The van der Waals surface area contributed by atoms with Crippen LogP contribution in [-0.2, 0) is 4.79 Å². The van der Waals surface area contributed by atoms with Crippen LogP contribution >= 0.6 is 0 Å². The summed E-state index contributed by atoms with van der Waals surface area (Å²) in [6.07, 6.45) is -0.600. The predicted molar refractivity (Wildman–Crippen MR) is 49.6 cm³/mol. The molecule has 14 heavy (non-hydrogen) atoms. The van der Waals surface area contributed by atoms with Crippen molar-refractivity contribution < 1.29 is 15.0 Å². The Balaban J connectivity index is 2.00. The van der Waals surface area contributed by atoms with Crippen molar-refractivity contribution in [3.8, 4) is 0 Å². The van der Waals surface area contributed by atoms with E-state index in [0.29, 0.717) is 13.1 Å². The zero-order valence-electron chi connectivity index (χ0n) is 8.26. The molecule has 2 rings (SSSR count). The van der Waals surface area contributed by atoms with Crippen molar-refractivity contribution in [1.82, 2.24) is 9.80 Å². The number of carbonyl (C=O) groups excluding carboxylic acids is 1. The van der Waals surface area contributed by atoms with E-state index in [1.165, 1.54) is 0 Å². The number of nitrogens with zero attached hydrogens (tertiary/aromatic N) is 2. The molecule has 2 aliphatic rings. The monoisotopic (exact) mass is 200 g/mol. The number of carbonyl (C=O) groups is 1. The molecule has 2 aliphatic heterocycles. The molecule has 2 heterocycles. The Morgan fingerprint density at radius 3 is 2.29 bits per heavy atom. The van der Waals surface area contributed by atoms with Crippen LogP contribution < -0.4 is 0 Å². The van der Waals surface area contributed by atoms with Crippen LogP contribution in [0, 0.1) is 0 Å². The van der Waals surface area contributed by atoms with Crippen LogP contribution in [0.15, 0.2) is 0 Å². The number of hydrogen-bond donors (Lipinski definition) is 2. The first-order valence-electron chi connectivity index (χ1n) is 4.94. The maximum absolute atomic E-state index is 11.6. The van der Waals surface area contributed by atoms with Gasteiger partial charge in [-0.3, -0.25) is 9.69 Å². The number of β-amino-alcohol motifs (C(OH)–C–C–N with tert-alkyl or cyclic N) is 2. The summed E-state index contributed by atoms with van der Waals surface area (Å²) in [5, 5.41) is 18.7. The fourth-order valence-corrected chi connectivity index (χ4v) is 2.20. The van der Waals surface area contributed by atoms with Gasteiger partial charge in [-0.25, -0.2) is 0 Å². The Labute approximate surface area is 82.9 Å². The maximum atomic E-state index is 11.6. The number of aliphatic hydroxyl groups excluding tert-OH is 2. The highest BCUT2D eigenvalue weighted by Gasteiger charge is 2.40. The second kappa shape index (κ2) is 3.49. The third-order valence-corrected chi connectivity index (χ3v) is 3.13. The maximum Gasteiger partial charge on any atom is 0.239 e. The highest BCUT2D eigenvalue weighted by molar-refractivity contribution is 5.83. The minimum Gasteiger partial charge on any atom is -0.389 e. The number of aliphatic hydroxyl groups is 2. The second-order valence-electron chi connectivity index (χ2n) is 4.15. The quantitative estimate of drug-likeness (QED) is 0.527. The normalized spacial score (nSPS) is 39.8. The van der Waals surface area contributed by atoms with Crippen LogP contribution in [0.3, 0.4) is 0 Å². The van der Waals surface area contributed by atoms with Gasteiger partial charge in [0.05, 0.1) is 18.2 Å². The molecular formula is C9H16N2O3. The van der Waals surface area contributed by atoms with Crippen molar-refractivity contribution >= 4 is 5.91 Å². The molecule has 1 amide bonds. The van der Waals surface area contributed by atoms with Gasteiger partial charge >= 0.3 is 0 Å². The average Bonchev–Trinajstić information content (AvgIpc) is 2.61. The van der Waals surface area contributed by atoms with Crippen LogP contribution in [0.4, 0.5) is 0 Å². The van der Waals surface area contributed by atoms with Crippen molar-refractivity contribution in [3.63, 3.8) is 0 Å². The summed E-state index contributed by atoms with van der Waals surface area (Å²) in [6, 6.07) is -0.133. The van der Waals surface area contributed by atoms with E-state index < -0.39 is 12.2 Å². The Kier molecular flexibility index (Phi) is 2.47. The minimum absolute atomic E-state index is 0.103. The summed E-state index contributed by atoms with van der Waals surface area (Å²) < 4.78 is 0. The first-order valence-corrected chi connectivity index (χ1v) is 4.94. The van der Waals surface area contributed by atoms with E-state index in [4.69, 9.17) is 0 Å². The number of likely N-dealkylation sites (tertiary alicyclic amines) is 2. The van der Waals surface area contributed by atoms with Gasteiger partial charge in [0, 0.05) is 26.7 Å². The van der Waals surface area contributed by atoms with E-state index in [1.54, 1.807) is 11.9 Å². The molecule has 0 saturated carbocycles. The van der Waals surface area contributed by atoms with E-state index in [-0.39, 0.29) is 11.9 Å². The molecule has 0 bridgehead atoms. The van der Waals surface area contributed by atoms with E-state index >= 15 is 0 Å². The van der Waals surface area contributed by atoms with E-state index in [0.717, 1.165) is 13.0 Å². The zero-order chi connectivity index (χ0) is 10.3. The van der Waals surface area contributed by atoms with Gasteiger partial charge < -0.3 is 15.1 Å². The molecule has 0 aliphatic carbocycles. The van der Waals surface area contributed by atoms with Crippen LogP contribution in [0.25, 0.3) is 0 Å². The van der Waals surface area contributed by atoms with Crippen molar-refractivity contribution in [2.45, 2.75) is 24.7 Å². The lowest BCUT2D eigenvalue weighted by Gasteiger charge is -2.21.